The number of para-hydroxylation sites is 1. The second kappa shape index (κ2) is 4.39. The third-order valence-corrected chi connectivity index (χ3v) is 3.69. The molecule has 3 heteroatoms. The molecule has 2 rings (SSSR count). The number of benzene rings is 1. The van der Waals surface area contributed by atoms with Gasteiger partial charge in [-0.15, -0.1) is 0 Å². The van der Waals surface area contributed by atoms with Gasteiger partial charge in [0.1, 0.15) is 0 Å². The van der Waals surface area contributed by atoms with Gasteiger partial charge in [0.2, 0.25) is 5.91 Å². The maximum atomic E-state index is 12.4. The SMILES string of the molecule is CC(C)N1C(=O)C(N)CC(C)(C)c2ccccc21. The Hall–Kier alpha value is -1.35. The number of fused-ring (bicyclic) bond motifs is 1. The zero-order chi connectivity index (χ0) is 13.5. The van der Waals surface area contributed by atoms with Crippen LogP contribution >= 0.6 is 0 Å². The van der Waals surface area contributed by atoms with Gasteiger partial charge in [0.25, 0.3) is 0 Å². The lowest BCUT2D eigenvalue weighted by molar-refractivity contribution is -0.120. The Morgan fingerprint density at radius 2 is 1.94 bits per heavy atom. The van der Waals surface area contributed by atoms with E-state index < -0.39 is 6.04 Å². The first kappa shape index (κ1) is 13.1. The summed E-state index contributed by atoms with van der Waals surface area (Å²) < 4.78 is 0. The maximum absolute atomic E-state index is 12.4. The Bertz CT molecular complexity index is 465. The normalized spacial score (nSPS) is 22.9. The van der Waals surface area contributed by atoms with Crippen LogP contribution in [0.3, 0.4) is 0 Å². The highest BCUT2D eigenvalue weighted by molar-refractivity contribution is 5.99. The average Bonchev–Trinajstić information content (AvgIpc) is 2.34. The van der Waals surface area contributed by atoms with Crippen LogP contribution in [0.25, 0.3) is 0 Å². The van der Waals surface area contributed by atoms with Crippen LogP contribution in [0.4, 0.5) is 5.69 Å². The summed E-state index contributed by atoms with van der Waals surface area (Å²) >= 11 is 0. The van der Waals surface area contributed by atoms with Crippen LogP contribution in [0.15, 0.2) is 24.3 Å². The molecular weight excluding hydrogens is 224 g/mol. The van der Waals surface area contributed by atoms with Crippen molar-refractivity contribution in [2.75, 3.05) is 4.90 Å². The first-order chi connectivity index (χ1) is 8.34. The van der Waals surface area contributed by atoms with E-state index >= 15 is 0 Å². The first-order valence-electron chi connectivity index (χ1n) is 6.53. The summed E-state index contributed by atoms with van der Waals surface area (Å²) in [6.07, 6.45) is 0.687. The van der Waals surface area contributed by atoms with Gasteiger partial charge < -0.3 is 10.6 Å². The predicted octanol–water partition coefficient (Wildman–Crippen LogP) is 2.44. The molecule has 1 aliphatic rings. The summed E-state index contributed by atoms with van der Waals surface area (Å²) in [5.41, 5.74) is 8.21. The van der Waals surface area contributed by atoms with Crippen LogP contribution in [-0.4, -0.2) is 18.0 Å². The lowest BCUT2D eigenvalue weighted by Crippen LogP contribution is -2.46. The van der Waals surface area contributed by atoms with E-state index in [4.69, 9.17) is 5.73 Å². The smallest absolute Gasteiger partial charge is 0.244 e. The van der Waals surface area contributed by atoms with E-state index in [0.29, 0.717) is 6.42 Å². The summed E-state index contributed by atoms with van der Waals surface area (Å²) in [5, 5.41) is 0. The molecule has 1 amide bonds. The maximum Gasteiger partial charge on any atom is 0.244 e. The Labute approximate surface area is 109 Å². The van der Waals surface area contributed by atoms with Gasteiger partial charge in [-0.2, -0.15) is 0 Å². The second-order valence-corrected chi connectivity index (χ2v) is 6.01. The van der Waals surface area contributed by atoms with Crippen LogP contribution in [0.5, 0.6) is 0 Å². The minimum Gasteiger partial charge on any atom is -0.320 e. The minimum absolute atomic E-state index is 0.0306. The number of anilines is 1. The van der Waals surface area contributed by atoms with Gasteiger partial charge in [-0.25, -0.2) is 0 Å². The molecule has 0 spiro atoms. The Morgan fingerprint density at radius 1 is 1.33 bits per heavy atom. The zero-order valence-corrected chi connectivity index (χ0v) is 11.6. The third-order valence-electron chi connectivity index (χ3n) is 3.69. The Morgan fingerprint density at radius 3 is 2.56 bits per heavy atom. The van der Waals surface area contributed by atoms with Gasteiger partial charge in [-0.3, -0.25) is 4.79 Å². The lowest BCUT2D eigenvalue weighted by Gasteiger charge is -2.29. The monoisotopic (exact) mass is 246 g/mol. The van der Waals surface area contributed by atoms with Crippen LogP contribution in [0.2, 0.25) is 0 Å². The first-order valence-corrected chi connectivity index (χ1v) is 6.53. The second-order valence-electron chi connectivity index (χ2n) is 6.01. The molecule has 1 atom stereocenters. The van der Waals surface area contributed by atoms with Crippen LogP contribution in [0.1, 0.15) is 39.7 Å². The third kappa shape index (κ3) is 2.03. The fraction of sp³-hybridized carbons (Fsp3) is 0.533. The van der Waals surface area contributed by atoms with E-state index in [9.17, 15) is 4.79 Å². The Kier molecular flexibility index (Phi) is 3.20. The van der Waals surface area contributed by atoms with Crippen LogP contribution < -0.4 is 10.6 Å². The van der Waals surface area contributed by atoms with Gasteiger partial charge in [0, 0.05) is 11.7 Å². The summed E-state index contributed by atoms with van der Waals surface area (Å²) in [6, 6.07) is 7.84. The standard InChI is InChI=1S/C15H22N2O/c1-10(2)17-13-8-6-5-7-11(13)15(3,4)9-12(16)14(17)18/h5-8,10,12H,9,16H2,1-4H3. The molecule has 2 N–H and O–H groups in total. The van der Waals surface area contributed by atoms with E-state index in [1.165, 1.54) is 5.56 Å². The molecule has 0 radical (unpaired) electrons. The average molecular weight is 246 g/mol. The number of nitrogens with zero attached hydrogens (tertiary/aromatic N) is 1. The van der Waals surface area contributed by atoms with Crippen molar-refractivity contribution in [2.24, 2.45) is 5.73 Å². The number of carbonyl (C=O) groups is 1. The van der Waals surface area contributed by atoms with Gasteiger partial charge >= 0.3 is 0 Å². The minimum atomic E-state index is -0.421. The lowest BCUT2D eigenvalue weighted by atomic mass is 9.79. The van der Waals surface area contributed by atoms with Crippen molar-refractivity contribution >= 4 is 11.6 Å². The highest BCUT2D eigenvalue weighted by Crippen LogP contribution is 2.39. The molecule has 1 unspecified atom stereocenters. The molecule has 98 valence electrons. The largest absolute Gasteiger partial charge is 0.320 e. The summed E-state index contributed by atoms with van der Waals surface area (Å²) in [6.45, 7) is 8.37. The molecule has 3 nitrogen and oxygen atoms in total. The van der Waals surface area contributed by atoms with E-state index in [1.807, 2.05) is 36.9 Å². The molecule has 0 saturated carbocycles. The van der Waals surface area contributed by atoms with Crippen LogP contribution in [-0.2, 0) is 10.2 Å². The molecule has 1 heterocycles. The molecular formula is C15H22N2O. The van der Waals surface area contributed by atoms with E-state index in [1.54, 1.807) is 0 Å². The molecule has 0 aliphatic carbocycles. The zero-order valence-electron chi connectivity index (χ0n) is 11.6. The fourth-order valence-corrected chi connectivity index (χ4v) is 2.83. The highest BCUT2D eigenvalue weighted by Gasteiger charge is 2.37. The number of carbonyl (C=O) groups excluding carboxylic acids is 1. The van der Waals surface area contributed by atoms with Crippen molar-refractivity contribution in [1.29, 1.82) is 0 Å². The molecule has 0 aromatic heterocycles. The molecule has 1 aliphatic heterocycles. The molecule has 0 saturated heterocycles. The van der Waals surface area contributed by atoms with Gasteiger partial charge in [0.05, 0.1) is 6.04 Å². The molecule has 0 fully saturated rings. The highest BCUT2D eigenvalue weighted by atomic mass is 16.2. The molecule has 18 heavy (non-hydrogen) atoms. The van der Waals surface area contributed by atoms with Crippen molar-refractivity contribution in [3.63, 3.8) is 0 Å². The van der Waals surface area contributed by atoms with Crippen molar-refractivity contribution in [3.05, 3.63) is 29.8 Å². The summed E-state index contributed by atoms with van der Waals surface area (Å²) in [5.74, 6) is 0.0306. The molecule has 1 aromatic rings. The topological polar surface area (TPSA) is 46.3 Å². The summed E-state index contributed by atoms with van der Waals surface area (Å²) in [4.78, 5) is 14.3. The van der Waals surface area contributed by atoms with E-state index in [0.717, 1.165) is 5.69 Å². The predicted molar refractivity (Wildman–Crippen MR) is 74.7 cm³/mol. The van der Waals surface area contributed by atoms with Crippen molar-refractivity contribution in [1.82, 2.24) is 0 Å². The fourth-order valence-electron chi connectivity index (χ4n) is 2.83. The van der Waals surface area contributed by atoms with Crippen molar-refractivity contribution in [2.45, 2.75) is 51.6 Å². The number of nitrogens with two attached hydrogens (primary N) is 1. The molecule has 1 aromatic carbocycles. The van der Waals surface area contributed by atoms with E-state index in [-0.39, 0.29) is 17.4 Å². The van der Waals surface area contributed by atoms with Crippen molar-refractivity contribution in [3.8, 4) is 0 Å². The number of hydrogen-bond acceptors (Lipinski definition) is 2. The Balaban J connectivity index is 2.64. The number of hydrogen-bond donors (Lipinski definition) is 1. The van der Waals surface area contributed by atoms with Gasteiger partial charge in [-0.05, 0) is 37.3 Å². The quantitative estimate of drug-likeness (QED) is 0.827. The van der Waals surface area contributed by atoms with E-state index in [2.05, 4.69) is 19.9 Å². The van der Waals surface area contributed by atoms with Gasteiger partial charge in [-0.1, -0.05) is 32.0 Å². The number of amides is 1. The molecule has 0 bridgehead atoms. The van der Waals surface area contributed by atoms with Crippen molar-refractivity contribution < 1.29 is 4.79 Å². The number of rotatable bonds is 1. The summed E-state index contributed by atoms with van der Waals surface area (Å²) in [7, 11) is 0. The van der Waals surface area contributed by atoms with Gasteiger partial charge in [0.15, 0.2) is 0 Å². The van der Waals surface area contributed by atoms with Crippen LogP contribution in [0, 0.1) is 0 Å².